The molecule has 2 aromatic heterocycles. The van der Waals surface area contributed by atoms with Crippen LogP contribution in [0.1, 0.15) is 27.0 Å². The van der Waals surface area contributed by atoms with Crippen molar-refractivity contribution in [1.82, 2.24) is 15.3 Å². The normalized spacial score (nSPS) is 11.1. The van der Waals surface area contributed by atoms with Crippen LogP contribution < -0.4 is 5.32 Å². The number of para-hydroxylation sites is 1. The van der Waals surface area contributed by atoms with Crippen molar-refractivity contribution >= 4 is 28.3 Å². The number of imidazole rings is 1. The van der Waals surface area contributed by atoms with Crippen molar-refractivity contribution in [3.05, 3.63) is 101 Å². The average molecular weight is 468 g/mol. The number of carbonyl (C=O) groups is 1. The molecule has 3 aromatic carbocycles. The van der Waals surface area contributed by atoms with E-state index in [1.165, 1.54) is 28.7 Å². The second kappa shape index (κ2) is 9.63. The van der Waals surface area contributed by atoms with Gasteiger partial charge in [0.15, 0.2) is 0 Å². The number of nitrogens with one attached hydrogen (secondary N) is 2. The van der Waals surface area contributed by atoms with Crippen LogP contribution in [0.15, 0.2) is 78.9 Å². The molecule has 5 nitrogen and oxygen atoms in total. The van der Waals surface area contributed by atoms with Gasteiger partial charge in [-0.2, -0.15) is 0 Å². The molecule has 0 aliphatic carbocycles. The molecule has 0 saturated heterocycles. The molecule has 0 unspecified atom stereocenters. The number of benzene rings is 3. The molecule has 0 atom stereocenters. The third kappa shape index (κ3) is 4.64. The number of fused-ring (bicyclic) bond motifs is 1. The molecule has 0 aliphatic rings. The monoisotopic (exact) mass is 467 g/mol. The SMILES string of the molecule is COC(=O)c1cccc(CNCc2ccc(-c3ccc(-c4nc5c(C)cccc5[nH]4)s3)cc2)c1. The summed E-state index contributed by atoms with van der Waals surface area (Å²) in [5.74, 6) is 0.599. The van der Waals surface area contributed by atoms with E-state index in [1.54, 1.807) is 17.4 Å². The highest BCUT2D eigenvalue weighted by molar-refractivity contribution is 7.18. The Kier molecular flexibility index (Phi) is 6.25. The van der Waals surface area contributed by atoms with E-state index in [2.05, 4.69) is 71.8 Å². The van der Waals surface area contributed by atoms with Gasteiger partial charge in [0.05, 0.1) is 28.6 Å². The van der Waals surface area contributed by atoms with Crippen molar-refractivity contribution in [1.29, 1.82) is 0 Å². The number of nitrogens with zero attached hydrogens (tertiary/aromatic N) is 1. The fourth-order valence-corrected chi connectivity index (χ4v) is 4.93. The minimum atomic E-state index is -0.315. The molecule has 34 heavy (non-hydrogen) atoms. The fourth-order valence-electron chi connectivity index (χ4n) is 3.98. The number of rotatable bonds is 7. The lowest BCUT2D eigenvalue weighted by molar-refractivity contribution is 0.0600. The Morgan fingerprint density at radius 2 is 1.71 bits per heavy atom. The van der Waals surface area contributed by atoms with Gasteiger partial charge >= 0.3 is 5.97 Å². The highest BCUT2D eigenvalue weighted by atomic mass is 32.1. The van der Waals surface area contributed by atoms with Gasteiger partial charge in [0.25, 0.3) is 0 Å². The summed E-state index contributed by atoms with van der Waals surface area (Å²) in [7, 11) is 1.40. The lowest BCUT2D eigenvalue weighted by Crippen LogP contribution is -2.13. The first-order valence-electron chi connectivity index (χ1n) is 11.1. The summed E-state index contributed by atoms with van der Waals surface area (Å²) in [5.41, 5.74) is 7.29. The first-order chi connectivity index (χ1) is 16.6. The van der Waals surface area contributed by atoms with Gasteiger partial charge in [-0.25, -0.2) is 9.78 Å². The smallest absolute Gasteiger partial charge is 0.337 e. The standard InChI is InChI=1S/C28H25N3O2S/c1-18-5-3-8-23-26(18)31-27(30-23)25-14-13-24(34-25)21-11-9-19(10-12-21)16-29-17-20-6-4-7-22(15-20)28(32)33-2/h3-15,29H,16-17H2,1-2H3,(H,30,31). The van der Waals surface area contributed by atoms with Crippen LogP contribution in [0.25, 0.3) is 32.2 Å². The van der Waals surface area contributed by atoms with E-state index in [0.29, 0.717) is 12.1 Å². The highest BCUT2D eigenvalue weighted by Crippen LogP contribution is 2.34. The molecule has 0 bridgehead atoms. The van der Waals surface area contributed by atoms with Crippen LogP contribution >= 0.6 is 11.3 Å². The molecule has 0 saturated carbocycles. The summed E-state index contributed by atoms with van der Waals surface area (Å²) >= 11 is 1.74. The number of hydrogen-bond donors (Lipinski definition) is 2. The van der Waals surface area contributed by atoms with E-state index in [-0.39, 0.29) is 5.97 Å². The summed E-state index contributed by atoms with van der Waals surface area (Å²) in [6.45, 7) is 3.51. The number of carbonyl (C=O) groups excluding carboxylic acids is 1. The van der Waals surface area contributed by atoms with Crippen LogP contribution in [-0.4, -0.2) is 23.0 Å². The molecule has 5 rings (SSSR count). The second-order valence-electron chi connectivity index (χ2n) is 8.21. The maximum Gasteiger partial charge on any atom is 0.337 e. The molecule has 0 spiro atoms. The summed E-state index contributed by atoms with van der Waals surface area (Å²) in [4.78, 5) is 22.3. The molecule has 2 N–H and O–H groups in total. The van der Waals surface area contributed by atoms with Gasteiger partial charge in [-0.05, 0) is 59.5 Å². The van der Waals surface area contributed by atoms with Gasteiger partial charge in [-0.15, -0.1) is 11.3 Å². The third-order valence-corrected chi connectivity index (χ3v) is 6.94. The number of thiophene rings is 1. The van der Waals surface area contributed by atoms with Gasteiger partial charge in [0.2, 0.25) is 0 Å². The summed E-state index contributed by atoms with van der Waals surface area (Å²) in [5, 5.41) is 3.44. The van der Waals surface area contributed by atoms with E-state index in [0.717, 1.165) is 33.8 Å². The predicted octanol–water partition coefficient (Wildman–Crippen LogP) is 6.34. The van der Waals surface area contributed by atoms with Crippen molar-refractivity contribution in [2.75, 3.05) is 7.11 Å². The van der Waals surface area contributed by atoms with Crippen LogP contribution in [0.4, 0.5) is 0 Å². The van der Waals surface area contributed by atoms with E-state index >= 15 is 0 Å². The summed E-state index contributed by atoms with van der Waals surface area (Å²) in [6.07, 6.45) is 0. The minimum Gasteiger partial charge on any atom is -0.465 e. The molecule has 0 amide bonds. The Hall–Kier alpha value is -3.74. The van der Waals surface area contributed by atoms with Crippen molar-refractivity contribution < 1.29 is 9.53 Å². The lowest BCUT2D eigenvalue weighted by Gasteiger charge is -2.07. The van der Waals surface area contributed by atoms with Gasteiger partial charge in [-0.3, -0.25) is 0 Å². The van der Waals surface area contributed by atoms with E-state index in [1.807, 2.05) is 18.2 Å². The van der Waals surface area contributed by atoms with Crippen molar-refractivity contribution in [3.63, 3.8) is 0 Å². The first kappa shape index (κ1) is 22.1. The Morgan fingerprint density at radius 3 is 2.50 bits per heavy atom. The number of hydrogen-bond acceptors (Lipinski definition) is 5. The minimum absolute atomic E-state index is 0.315. The lowest BCUT2D eigenvalue weighted by atomic mass is 10.1. The quantitative estimate of drug-likeness (QED) is 0.274. The number of aryl methyl sites for hydroxylation is 1. The number of ether oxygens (including phenoxy) is 1. The zero-order valence-electron chi connectivity index (χ0n) is 19.1. The maximum absolute atomic E-state index is 11.7. The van der Waals surface area contributed by atoms with E-state index in [9.17, 15) is 4.79 Å². The molecule has 0 radical (unpaired) electrons. The van der Waals surface area contributed by atoms with E-state index < -0.39 is 0 Å². The van der Waals surface area contributed by atoms with E-state index in [4.69, 9.17) is 9.72 Å². The molecule has 0 fully saturated rings. The molecule has 170 valence electrons. The second-order valence-corrected chi connectivity index (χ2v) is 9.30. The summed E-state index contributed by atoms with van der Waals surface area (Å²) in [6, 6.07) is 26.6. The van der Waals surface area contributed by atoms with Crippen LogP contribution in [0.2, 0.25) is 0 Å². The molecular weight excluding hydrogens is 442 g/mol. The Bertz CT molecular complexity index is 1450. The van der Waals surface area contributed by atoms with Crippen molar-refractivity contribution in [3.8, 4) is 21.1 Å². The Labute approximate surface area is 202 Å². The van der Waals surface area contributed by atoms with Crippen molar-refractivity contribution in [2.45, 2.75) is 20.0 Å². The predicted molar refractivity (Wildman–Crippen MR) is 138 cm³/mol. The first-order valence-corrected chi connectivity index (χ1v) is 12.0. The molecule has 6 heteroatoms. The van der Waals surface area contributed by atoms with Gasteiger partial charge < -0.3 is 15.0 Å². The molecule has 5 aromatic rings. The zero-order valence-corrected chi connectivity index (χ0v) is 19.9. The van der Waals surface area contributed by atoms with Gasteiger partial charge in [0.1, 0.15) is 5.82 Å². The average Bonchev–Trinajstić information content (AvgIpc) is 3.52. The number of H-pyrrole nitrogens is 1. The zero-order chi connectivity index (χ0) is 23.5. The molecule has 2 heterocycles. The van der Waals surface area contributed by atoms with Crippen LogP contribution in [0.3, 0.4) is 0 Å². The Balaban J connectivity index is 1.23. The largest absolute Gasteiger partial charge is 0.465 e. The van der Waals surface area contributed by atoms with Crippen LogP contribution in [0.5, 0.6) is 0 Å². The maximum atomic E-state index is 11.7. The Morgan fingerprint density at radius 1 is 0.941 bits per heavy atom. The number of esters is 1. The number of aromatic nitrogens is 2. The van der Waals surface area contributed by atoms with Crippen LogP contribution in [0, 0.1) is 6.92 Å². The topological polar surface area (TPSA) is 67.0 Å². The van der Waals surface area contributed by atoms with Crippen LogP contribution in [-0.2, 0) is 17.8 Å². The molecular formula is C28H25N3O2S. The number of methoxy groups -OCH3 is 1. The summed E-state index contributed by atoms with van der Waals surface area (Å²) < 4.78 is 4.79. The fraction of sp³-hybridized carbons (Fsp3) is 0.143. The van der Waals surface area contributed by atoms with Gasteiger partial charge in [0, 0.05) is 18.0 Å². The number of aromatic amines is 1. The third-order valence-electron chi connectivity index (χ3n) is 5.80. The molecule has 0 aliphatic heterocycles. The highest BCUT2D eigenvalue weighted by Gasteiger charge is 2.11. The van der Waals surface area contributed by atoms with Gasteiger partial charge in [-0.1, -0.05) is 48.5 Å². The van der Waals surface area contributed by atoms with Crippen molar-refractivity contribution in [2.24, 2.45) is 0 Å².